The van der Waals surface area contributed by atoms with Crippen molar-refractivity contribution >= 4 is 5.97 Å². The molecule has 20 heavy (non-hydrogen) atoms. The molecule has 0 saturated carbocycles. The average molecular weight is 279 g/mol. The highest BCUT2D eigenvalue weighted by Crippen LogP contribution is 2.35. The number of esters is 1. The van der Waals surface area contributed by atoms with Crippen LogP contribution in [0.25, 0.3) is 0 Å². The highest BCUT2D eigenvalue weighted by molar-refractivity contribution is 5.69. The maximum Gasteiger partial charge on any atom is 0.306 e. The number of carbonyl (C=O) groups excluding carboxylic acids is 1. The molecule has 0 unspecified atom stereocenters. The van der Waals surface area contributed by atoms with Crippen LogP contribution in [0.4, 0.5) is 0 Å². The lowest BCUT2D eigenvalue weighted by Crippen LogP contribution is -2.36. The van der Waals surface area contributed by atoms with E-state index in [2.05, 4.69) is 4.98 Å². The van der Waals surface area contributed by atoms with Crippen LogP contribution in [-0.4, -0.2) is 23.3 Å². The molecule has 5 heteroatoms. The number of aryl methyl sites for hydroxylation is 2. The summed E-state index contributed by atoms with van der Waals surface area (Å²) in [6.07, 6.45) is 2.72. The van der Waals surface area contributed by atoms with E-state index in [1.54, 1.807) is 13.1 Å². The Hall–Kier alpha value is -1.62. The molecule has 5 nitrogen and oxygen atoms in total. The number of hydrogen-bond acceptors (Lipinski definition) is 5. The Morgan fingerprint density at radius 3 is 2.95 bits per heavy atom. The zero-order chi connectivity index (χ0) is 14.8. The van der Waals surface area contributed by atoms with Gasteiger partial charge in [-0.3, -0.25) is 9.78 Å². The Balaban J connectivity index is 2.18. The van der Waals surface area contributed by atoms with Crippen LogP contribution in [0.2, 0.25) is 0 Å². The van der Waals surface area contributed by atoms with E-state index in [0.29, 0.717) is 26.1 Å². The molecule has 0 spiro atoms. The summed E-state index contributed by atoms with van der Waals surface area (Å²) in [5.74, 6) is -0.0541. The molecule has 0 N–H and O–H groups in total. The van der Waals surface area contributed by atoms with Crippen LogP contribution < -0.4 is 4.74 Å². The fourth-order valence-corrected chi connectivity index (χ4v) is 2.18. The monoisotopic (exact) mass is 279 g/mol. The Labute approximate surface area is 119 Å². The molecule has 1 aromatic heterocycles. The molecule has 2 heterocycles. The fourth-order valence-electron chi connectivity index (χ4n) is 2.18. The van der Waals surface area contributed by atoms with Crippen molar-refractivity contribution in [3.05, 3.63) is 23.0 Å². The molecule has 0 aromatic carbocycles. The van der Waals surface area contributed by atoms with Crippen LogP contribution in [0.1, 0.15) is 44.0 Å². The van der Waals surface area contributed by atoms with Crippen LogP contribution in [0.5, 0.6) is 5.75 Å². The Bertz CT molecular complexity index is 511. The van der Waals surface area contributed by atoms with E-state index >= 15 is 0 Å². The number of hydrogen-bond donors (Lipinski definition) is 0. The second-order valence-corrected chi connectivity index (χ2v) is 5.27. The van der Waals surface area contributed by atoms with Gasteiger partial charge in [-0.1, -0.05) is 0 Å². The summed E-state index contributed by atoms with van der Waals surface area (Å²) in [5, 5.41) is 0. The Kier molecular flexibility index (Phi) is 4.28. The second-order valence-electron chi connectivity index (χ2n) is 5.27. The predicted molar refractivity (Wildman–Crippen MR) is 73.4 cm³/mol. The van der Waals surface area contributed by atoms with E-state index in [9.17, 15) is 4.79 Å². The smallest absolute Gasteiger partial charge is 0.306 e. The third-order valence-corrected chi connectivity index (χ3v) is 3.22. The number of ether oxygens (including phenoxy) is 3. The van der Waals surface area contributed by atoms with Crippen molar-refractivity contribution in [3.63, 3.8) is 0 Å². The number of rotatable bonds is 4. The molecule has 0 atom stereocenters. The van der Waals surface area contributed by atoms with Gasteiger partial charge in [0.2, 0.25) is 5.79 Å². The van der Waals surface area contributed by atoms with Gasteiger partial charge >= 0.3 is 5.97 Å². The van der Waals surface area contributed by atoms with E-state index in [1.165, 1.54) is 0 Å². The summed E-state index contributed by atoms with van der Waals surface area (Å²) in [5.41, 5.74) is 2.81. The van der Waals surface area contributed by atoms with Crippen molar-refractivity contribution in [2.45, 2.75) is 52.9 Å². The Morgan fingerprint density at radius 2 is 2.25 bits per heavy atom. The molecule has 0 aliphatic carbocycles. The van der Waals surface area contributed by atoms with Crippen molar-refractivity contribution < 1.29 is 19.0 Å². The van der Waals surface area contributed by atoms with E-state index in [4.69, 9.17) is 14.2 Å². The third kappa shape index (κ3) is 3.28. The van der Waals surface area contributed by atoms with E-state index in [1.807, 2.05) is 20.8 Å². The van der Waals surface area contributed by atoms with E-state index in [0.717, 1.165) is 22.6 Å². The van der Waals surface area contributed by atoms with Crippen LogP contribution >= 0.6 is 0 Å². The standard InChI is InChI=1S/C15H21NO4/c1-5-18-13(17)7-6-11-8-16-10(2)14-12(11)9-19-15(3,4)20-14/h8H,5-7,9H2,1-4H3. The van der Waals surface area contributed by atoms with Crippen molar-refractivity contribution in [1.82, 2.24) is 4.98 Å². The van der Waals surface area contributed by atoms with E-state index < -0.39 is 5.79 Å². The first-order valence-electron chi connectivity index (χ1n) is 6.89. The molecule has 0 radical (unpaired) electrons. The largest absolute Gasteiger partial charge is 0.466 e. The highest BCUT2D eigenvalue weighted by atomic mass is 16.7. The zero-order valence-corrected chi connectivity index (χ0v) is 12.5. The molecule has 110 valence electrons. The number of pyridine rings is 1. The molecule has 1 aliphatic heterocycles. The first-order chi connectivity index (χ1) is 9.43. The average Bonchev–Trinajstić information content (AvgIpc) is 2.38. The lowest BCUT2D eigenvalue weighted by molar-refractivity contribution is -0.180. The van der Waals surface area contributed by atoms with Gasteiger partial charge in [0.15, 0.2) is 0 Å². The zero-order valence-electron chi connectivity index (χ0n) is 12.5. The third-order valence-electron chi connectivity index (χ3n) is 3.22. The molecule has 0 fully saturated rings. The number of aromatic nitrogens is 1. The summed E-state index contributed by atoms with van der Waals surface area (Å²) < 4.78 is 16.5. The molecule has 2 rings (SSSR count). The van der Waals surface area contributed by atoms with Gasteiger partial charge in [0.1, 0.15) is 5.75 Å². The molecular formula is C15H21NO4. The summed E-state index contributed by atoms with van der Waals surface area (Å²) >= 11 is 0. The number of carbonyl (C=O) groups is 1. The first-order valence-corrected chi connectivity index (χ1v) is 6.89. The van der Waals surface area contributed by atoms with Gasteiger partial charge in [0.05, 0.1) is 18.9 Å². The summed E-state index contributed by atoms with van der Waals surface area (Å²) in [7, 11) is 0. The fraction of sp³-hybridized carbons (Fsp3) is 0.600. The topological polar surface area (TPSA) is 57.7 Å². The molecule has 0 amide bonds. The van der Waals surface area contributed by atoms with Gasteiger partial charge in [-0.2, -0.15) is 0 Å². The summed E-state index contributed by atoms with van der Waals surface area (Å²) in [6, 6.07) is 0. The molecule has 0 bridgehead atoms. The molecular weight excluding hydrogens is 258 g/mol. The first kappa shape index (κ1) is 14.8. The van der Waals surface area contributed by atoms with Crippen LogP contribution in [0.15, 0.2) is 6.20 Å². The molecule has 1 aromatic rings. The van der Waals surface area contributed by atoms with Gasteiger partial charge in [-0.25, -0.2) is 0 Å². The minimum atomic E-state index is -0.640. The Morgan fingerprint density at radius 1 is 1.50 bits per heavy atom. The van der Waals surface area contributed by atoms with Gasteiger partial charge in [-0.15, -0.1) is 0 Å². The van der Waals surface area contributed by atoms with Crippen LogP contribution in [-0.2, 0) is 27.3 Å². The van der Waals surface area contributed by atoms with Gasteiger partial charge in [-0.05, 0) is 25.8 Å². The lowest BCUT2D eigenvalue weighted by atomic mass is 10.0. The van der Waals surface area contributed by atoms with Crippen molar-refractivity contribution in [3.8, 4) is 5.75 Å². The van der Waals surface area contributed by atoms with E-state index in [-0.39, 0.29) is 5.97 Å². The van der Waals surface area contributed by atoms with Crippen molar-refractivity contribution in [2.75, 3.05) is 6.61 Å². The normalized spacial score (nSPS) is 16.2. The quantitative estimate of drug-likeness (QED) is 0.793. The maximum absolute atomic E-state index is 11.4. The minimum absolute atomic E-state index is 0.195. The maximum atomic E-state index is 11.4. The molecule has 1 aliphatic rings. The molecule has 0 saturated heterocycles. The number of nitrogens with zero attached hydrogens (tertiary/aromatic N) is 1. The summed E-state index contributed by atoms with van der Waals surface area (Å²) in [6.45, 7) is 8.35. The van der Waals surface area contributed by atoms with Gasteiger partial charge in [0.25, 0.3) is 0 Å². The highest BCUT2D eigenvalue weighted by Gasteiger charge is 2.30. The predicted octanol–water partition coefficient (Wildman–Crippen LogP) is 2.53. The lowest BCUT2D eigenvalue weighted by Gasteiger charge is -2.34. The number of fused-ring (bicyclic) bond motifs is 1. The summed E-state index contributed by atoms with van der Waals surface area (Å²) in [4.78, 5) is 15.8. The van der Waals surface area contributed by atoms with Crippen LogP contribution in [0, 0.1) is 6.92 Å². The SMILES string of the molecule is CCOC(=O)CCc1cnc(C)c2c1COC(C)(C)O2. The van der Waals surface area contributed by atoms with Crippen molar-refractivity contribution in [1.29, 1.82) is 0 Å². The van der Waals surface area contributed by atoms with Crippen LogP contribution in [0.3, 0.4) is 0 Å². The minimum Gasteiger partial charge on any atom is -0.466 e. The van der Waals surface area contributed by atoms with Crippen molar-refractivity contribution in [2.24, 2.45) is 0 Å². The van der Waals surface area contributed by atoms with Gasteiger partial charge in [0, 0.05) is 32.0 Å². The van der Waals surface area contributed by atoms with Gasteiger partial charge < -0.3 is 14.2 Å². The second kappa shape index (κ2) is 5.79.